The second-order valence-corrected chi connectivity index (χ2v) is 6.37. The average molecular weight is 388 g/mol. The number of benzene rings is 2. The molecular formula is C22H16N2O5. The fourth-order valence-electron chi connectivity index (χ4n) is 3.21. The molecular weight excluding hydrogens is 372 g/mol. The highest BCUT2D eigenvalue weighted by atomic mass is 16.5. The number of carbonyl (C=O) groups is 1. The highest BCUT2D eigenvalue weighted by Crippen LogP contribution is 2.29. The lowest BCUT2D eigenvalue weighted by atomic mass is 9.90. The molecule has 7 nitrogen and oxygen atoms in total. The highest BCUT2D eigenvalue weighted by molar-refractivity contribution is 6.33. The van der Waals surface area contributed by atoms with Gasteiger partial charge in [0.05, 0.1) is 12.8 Å². The van der Waals surface area contributed by atoms with Crippen LogP contribution in [0.2, 0.25) is 0 Å². The number of aromatic hydroxyl groups is 1. The minimum absolute atomic E-state index is 0.186. The van der Waals surface area contributed by atoms with Crippen LogP contribution in [0.5, 0.6) is 11.6 Å². The summed E-state index contributed by atoms with van der Waals surface area (Å²) in [6.07, 6.45) is 4.40. The number of allylic oxidation sites excluding steroid dienone is 2. The van der Waals surface area contributed by atoms with Crippen LogP contribution in [0.15, 0.2) is 64.2 Å². The van der Waals surface area contributed by atoms with Crippen LogP contribution in [-0.4, -0.2) is 27.6 Å². The number of aromatic amines is 1. The van der Waals surface area contributed by atoms with Gasteiger partial charge in [0.25, 0.3) is 5.56 Å². The van der Waals surface area contributed by atoms with Crippen molar-refractivity contribution < 1.29 is 14.6 Å². The normalized spacial score (nSPS) is 14.1. The molecule has 2 N–H and O–H groups in total. The molecule has 1 aliphatic rings. The molecule has 0 amide bonds. The van der Waals surface area contributed by atoms with Crippen molar-refractivity contribution in [3.63, 3.8) is 0 Å². The van der Waals surface area contributed by atoms with Crippen molar-refractivity contribution in [1.82, 2.24) is 9.55 Å². The third kappa shape index (κ3) is 3.19. The first-order chi connectivity index (χ1) is 14.0. The SMILES string of the molecule is COc1ccc(-n2c(O)c(/C=C3\C(=O)C=Cc4ccccc43)c(=O)[nH]c2=O)cc1. The molecule has 1 aromatic heterocycles. The molecule has 0 spiro atoms. The molecule has 0 unspecified atom stereocenters. The van der Waals surface area contributed by atoms with Crippen LogP contribution in [-0.2, 0) is 4.79 Å². The zero-order chi connectivity index (χ0) is 20.5. The topological polar surface area (TPSA) is 101 Å². The predicted octanol–water partition coefficient (Wildman–Crippen LogP) is 2.38. The largest absolute Gasteiger partial charge is 0.497 e. The summed E-state index contributed by atoms with van der Waals surface area (Å²) in [5.74, 6) is -0.287. The van der Waals surface area contributed by atoms with Gasteiger partial charge in [0, 0.05) is 5.57 Å². The van der Waals surface area contributed by atoms with Crippen LogP contribution in [0.1, 0.15) is 16.7 Å². The Hall–Kier alpha value is -4.13. The number of hydrogen-bond acceptors (Lipinski definition) is 5. The van der Waals surface area contributed by atoms with Crippen molar-refractivity contribution in [3.05, 3.63) is 92.1 Å². The molecule has 1 aliphatic carbocycles. The van der Waals surface area contributed by atoms with Crippen molar-refractivity contribution in [2.45, 2.75) is 0 Å². The first-order valence-corrected chi connectivity index (χ1v) is 8.76. The number of aromatic nitrogens is 2. The molecule has 3 aromatic rings. The summed E-state index contributed by atoms with van der Waals surface area (Å²) in [5.41, 5.74) is 0.274. The summed E-state index contributed by atoms with van der Waals surface area (Å²) in [6, 6.07) is 13.6. The van der Waals surface area contributed by atoms with Crippen LogP contribution in [0, 0.1) is 0 Å². The number of ether oxygens (including phenoxy) is 1. The zero-order valence-corrected chi connectivity index (χ0v) is 15.4. The van der Waals surface area contributed by atoms with E-state index in [4.69, 9.17) is 4.74 Å². The van der Waals surface area contributed by atoms with E-state index in [1.165, 1.54) is 19.3 Å². The quantitative estimate of drug-likeness (QED) is 0.671. The third-order valence-corrected chi connectivity index (χ3v) is 4.67. The monoisotopic (exact) mass is 388 g/mol. The maximum Gasteiger partial charge on any atom is 0.335 e. The van der Waals surface area contributed by atoms with Crippen LogP contribution in [0.25, 0.3) is 23.4 Å². The van der Waals surface area contributed by atoms with Crippen molar-refractivity contribution in [1.29, 1.82) is 0 Å². The number of methoxy groups -OCH3 is 1. The molecule has 0 saturated heterocycles. The van der Waals surface area contributed by atoms with Crippen molar-refractivity contribution in [2.75, 3.05) is 7.11 Å². The van der Waals surface area contributed by atoms with Gasteiger partial charge in [0.2, 0.25) is 5.88 Å². The maximum atomic E-state index is 12.4. The summed E-state index contributed by atoms with van der Waals surface area (Å²) in [7, 11) is 1.51. The van der Waals surface area contributed by atoms with Crippen LogP contribution < -0.4 is 16.0 Å². The molecule has 0 saturated carbocycles. The van der Waals surface area contributed by atoms with E-state index in [1.807, 2.05) is 12.1 Å². The molecule has 29 heavy (non-hydrogen) atoms. The Kier molecular flexibility index (Phi) is 4.48. The molecule has 0 bridgehead atoms. The fraction of sp³-hybridized carbons (Fsp3) is 0.0455. The second-order valence-electron chi connectivity index (χ2n) is 6.37. The molecule has 144 valence electrons. The van der Waals surface area contributed by atoms with Gasteiger partial charge in [-0.15, -0.1) is 0 Å². The van der Waals surface area contributed by atoms with E-state index >= 15 is 0 Å². The third-order valence-electron chi connectivity index (χ3n) is 4.67. The smallest absolute Gasteiger partial charge is 0.335 e. The van der Waals surface area contributed by atoms with E-state index in [0.29, 0.717) is 17.0 Å². The number of carbonyl (C=O) groups excluding carboxylic acids is 1. The molecule has 2 aromatic carbocycles. The van der Waals surface area contributed by atoms with Gasteiger partial charge in [-0.3, -0.25) is 14.6 Å². The minimum Gasteiger partial charge on any atom is -0.497 e. The van der Waals surface area contributed by atoms with Gasteiger partial charge < -0.3 is 9.84 Å². The number of ketones is 1. The first-order valence-electron chi connectivity index (χ1n) is 8.76. The van der Waals surface area contributed by atoms with Crippen LogP contribution in [0.4, 0.5) is 0 Å². The van der Waals surface area contributed by atoms with Gasteiger partial charge in [-0.1, -0.05) is 30.3 Å². The molecule has 4 rings (SSSR count). The molecule has 1 heterocycles. The lowest BCUT2D eigenvalue weighted by Gasteiger charge is -2.14. The van der Waals surface area contributed by atoms with Gasteiger partial charge in [0.1, 0.15) is 11.3 Å². The van der Waals surface area contributed by atoms with E-state index in [2.05, 4.69) is 4.98 Å². The van der Waals surface area contributed by atoms with E-state index in [9.17, 15) is 19.5 Å². The van der Waals surface area contributed by atoms with Crippen LogP contribution in [0.3, 0.4) is 0 Å². The number of fused-ring (bicyclic) bond motifs is 1. The number of H-pyrrole nitrogens is 1. The first kappa shape index (κ1) is 18.2. The number of nitrogens with zero attached hydrogens (tertiary/aromatic N) is 1. The fourth-order valence-corrected chi connectivity index (χ4v) is 3.21. The maximum absolute atomic E-state index is 12.4. The highest BCUT2D eigenvalue weighted by Gasteiger charge is 2.20. The van der Waals surface area contributed by atoms with Gasteiger partial charge in [-0.25, -0.2) is 9.36 Å². The van der Waals surface area contributed by atoms with E-state index in [1.54, 1.807) is 42.5 Å². The Morgan fingerprint density at radius 1 is 1.00 bits per heavy atom. The average Bonchev–Trinajstić information content (AvgIpc) is 2.72. The molecule has 0 fully saturated rings. The van der Waals surface area contributed by atoms with E-state index in [-0.39, 0.29) is 16.9 Å². The molecule has 7 heteroatoms. The minimum atomic E-state index is -0.796. The number of nitrogens with one attached hydrogen (secondary N) is 1. The van der Waals surface area contributed by atoms with Gasteiger partial charge >= 0.3 is 5.69 Å². The van der Waals surface area contributed by atoms with E-state index in [0.717, 1.165) is 10.1 Å². The molecule has 0 aliphatic heterocycles. The van der Waals surface area contributed by atoms with Crippen molar-refractivity contribution in [3.8, 4) is 17.3 Å². The van der Waals surface area contributed by atoms with Crippen molar-refractivity contribution in [2.24, 2.45) is 0 Å². The summed E-state index contributed by atoms with van der Waals surface area (Å²) >= 11 is 0. The Morgan fingerprint density at radius 2 is 1.72 bits per heavy atom. The Morgan fingerprint density at radius 3 is 2.45 bits per heavy atom. The molecule has 0 atom stereocenters. The Labute approximate surface area is 164 Å². The summed E-state index contributed by atoms with van der Waals surface area (Å²) < 4.78 is 6.05. The van der Waals surface area contributed by atoms with Gasteiger partial charge in [-0.2, -0.15) is 0 Å². The second kappa shape index (κ2) is 7.12. The standard InChI is InChI=1S/C22H16N2O5/c1-29-15-9-7-14(8-10-15)24-21(27)18(20(26)23-22(24)28)12-17-16-5-3-2-4-13(16)6-11-19(17)25/h2-12,27H,1H3,(H,23,26,28)/b17-12-. The number of rotatable bonds is 3. The predicted molar refractivity (Wildman–Crippen MR) is 109 cm³/mol. The summed E-state index contributed by atoms with van der Waals surface area (Å²) in [6.45, 7) is 0. The van der Waals surface area contributed by atoms with Gasteiger partial charge in [-0.05, 0) is 47.5 Å². The summed E-state index contributed by atoms with van der Waals surface area (Å²) in [5, 5.41) is 10.7. The lowest BCUT2D eigenvalue weighted by Crippen LogP contribution is -2.30. The Balaban J connectivity index is 1.92. The Bertz CT molecular complexity index is 1290. The summed E-state index contributed by atoms with van der Waals surface area (Å²) in [4.78, 5) is 39.4. The lowest BCUT2D eigenvalue weighted by molar-refractivity contribution is -0.109. The van der Waals surface area contributed by atoms with Crippen LogP contribution >= 0.6 is 0 Å². The molecule has 0 radical (unpaired) electrons. The van der Waals surface area contributed by atoms with Gasteiger partial charge in [0.15, 0.2) is 5.78 Å². The number of hydrogen-bond donors (Lipinski definition) is 2. The van der Waals surface area contributed by atoms with E-state index < -0.39 is 17.1 Å². The zero-order valence-electron chi connectivity index (χ0n) is 15.4. The van der Waals surface area contributed by atoms with Crippen molar-refractivity contribution >= 4 is 23.5 Å².